The van der Waals surface area contributed by atoms with Crippen molar-refractivity contribution in [2.24, 2.45) is 0 Å². The molecule has 102 valence electrons. The van der Waals surface area contributed by atoms with E-state index >= 15 is 0 Å². The highest BCUT2D eigenvalue weighted by Gasteiger charge is 2.13. The van der Waals surface area contributed by atoms with Crippen molar-refractivity contribution in [3.05, 3.63) is 66.2 Å². The van der Waals surface area contributed by atoms with Crippen molar-refractivity contribution in [2.75, 3.05) is 7.11 Å². The Bertz CT molecular complexity index is 639. The van der Waals surface area contributed by atoms with Gasteiger partial charge in [0.1, 0.15) is 6.26 Å². The van der Waals surface area contributed by atoms with Crippen LogP contribution < -0.4 is 0 Å². The van der Waals surface area contributed by atoms with Crippen LogP contribution in [-0.4, -0.2) is 22.8 Å². The summed E-state index contributed by atoms with van der Waals surface area (Å²) in [5.74, 6) is -0.599. The number of rotatable bonds is 4. The molecule has 4 heteroatoms. The molecule has 0 spiro atoms. The molecule has 0 radical (unpaired) electrons. The highest BCUT2D eigenvalue weighted by atomic mass is 16.5. The van der Waals surface area contributed by atoms with E-state index in [9.17, 15) is 9.90 Å². The molecule has 1 N–H and O–H groups in total. The average molecular weight is 269 g/mol. The molecule has 20 heavy (non-hydrogen) atoms. The fraction of sp³-hybridized carbons (Fsp3) is 0.0625. The van der Waals surface area contributed by atoms with Gasteiger partial charge in [-0.3, -0.25) is 0 Å². The molecule has 0 unspecified atom stereocenters. The first-order valence-corrected chi connectivity index (χ1v) is 6.10. The fourth-order valence-electron chi connectivity index (χ4n) is 1.81. The van der Waals surface area contributed by atoms with E-state index in [0.29, 0.717) is 0 Å². The zero-order valence-electron chi connectivity index (χ0n) is 11.1. The maximum absolute atomic E-state index is 11.6. The molecule has 1 aromatic heterocycles. The van der Waals surface area contributed by atoms with E-state index < -0.39 is 5.97 Å². The summed E-state index contributed by atoms with van der Waals surface area (Å²) in [7, 11) is 1.27. The van der Waals surface area contributed by atoms with Gasteiger partial charge in [0.2, 0.25) is 0 Å². The number of aromatic nitrogens is 1. The van der Waals surface area contributed by atoms with Gasteiger partial charge in [0, 0.05) is 11.9 Å². The van der Waals surface area contributed by atoms with Gasteiger partial charge in [-0.25, -0.2) is 4.79 Å². The Labute approximate surface area is 117 Å². The minimum absolute atomic E-state index is 0.0604. The predicted octanol–water partition coefficient (Wildman–Crippen LogP) is 3.19. The summed E-state index contributed by atoms with van der Waals surface area (Å²) in [6.07, 6.45) is 6.22. The third-order valence-electron chi connectivity index (χ3n) is 2.80. The zero-order valence-corrected chi connectivity index (χ0v) is 11.1. The van der Waals surface area contributed by atoms with Crippen LogP contribution in [0.5, 0.6) is 0 Å². The summed E-state index contributed by atoms with van der Waals surface area (Å²) in [4.78, 5) is 11.6. The summed E-state index contributed by atoms with van der Waals surface area (Å²) >= 11 is 0. The minimum atomic E-state index is -0.599. The number of methoxy groups -OCH3 is 1. The largest absolute Gasteiger partial charge is 0.513 e. The van der Waals surface area contributed by atoms with Crippen LogP contribution in [0.4, 0.5) is 0 Å². The normalized spacial score (nSPS) is 11.8. The maximum atomic E-state index is 11.6. The van der Waals surface area contributed by atoms with Gasteiger partial charge in [0.15, 0.2) is 5.70 Å². The second-order valence-corrected chi connectivity index (χ2v) is 4.05. The van der Waals surface area contributed by atoms with Gasteiger partial charge < -0.3 is 14.4 Å². The molecule has 1 aromatic carbocycles. The smallest absolute Gasteiger partial charge is 0.358 e. The first-order chi connectivity index (χ1) is 9.76. The van der Waals surface area contributed by atoms with Gasteiger partial charge >= 0.3 is 5.97 Å². The van der Waals surface area contributed by atoms with Crippen molar-refractivity contribution in [1.82, 2.24) is 4.57 Å². The highest BCUT2D eigenvalue weighted by Crippen LogP contribution is 2.15. The number of nitrogens with zero attached hydrogens (tertiary/aromatic N) is 1. The molecule has 4 nitrogen and oxygen atoms in total. The van der Waals surface area contributed by atoms with Crippen molar-refractivity contribution in [2.45, 2.75) is 0 Å². The van der Waals surface area contributed by atoms with E-state index in [0.717, 1.165) is 17.5 Å². The van der Waals surface area contributed by atoms with Gasteiger partial charge in [-0.15, -0.1) is 0 Å². The number of aliphatic hydroxyl groups is 1. The molecule has 0 aliphatic carbocycles. The van der Waals surface area contributed by atoms with Gasteiger partial charge in [-0.1, -0.05) is 36.4 Å². The van der Waals surface area contributed by atoms with Crippen LogP contribution in [0, 0.1) is 0 Å². The summed E-state index contributed by atoms with van der Waals surface area (Å²) < 4.78 is 6.19. The Morgan fingerprint density at radius 3 is 2.55 bits per heavy atom. The molecule has 0 amide bonds. The van der Waals surface area contributed by atoms with E-state index in [1.54, 1.807) is 16.8 Å². The van der Waals surface area contributed by atoms with Crippen LogP contribution >= 0.6 is 0 Å². The average Bonchev–Trinajstić information content (AvgIpc) is 2.95. The number of hydrogen-bond acceptors (Lipinski definition) is 3. The Balaban J connectivity index is 2.30. The quantitative estimate of drug-likeness (QED) is 0.527. The van der Waals surface area contributed by atoms with Crippen LogP contribution in [0.15, 0.2) is 54.9 Å². The lowest BCUT2D eigenvalue weighted by Gasteiger charge is -2.07. The minimum Gasteiger partial charge on any atom is -0.513 e. The molecule has 0 saturated heterocycles. The van der Waals surface area contributed by atoms with Gasteiger partial charge in [0.05, 0.1) is 7.11 Å². The fourth-order valence-corrected chi connectivity index (χ4v) is 1.81. The lowest BCUT2D eigenvalue weighted by Crippen LogP contribution is -2.10. The van der Waals surface area contributed by atoms with E-state index in [2.05, 4.69) is 4.74 Å². The van der Waals surface area contributed by atoms with Crippen LogP contribution in [0.1, 0.15) is 11.3 Å². The van der Waals surface area contributed by atoms with Gasteiger partial charge in [-0.2, -0.15) is 0 Å². The number of benzene rings is 1. The molecule has 0 saturated carbocycles. The molecule has 0 fully saturated rings. The summed E-state index contributed by atoms with van der Waals surface area (Å²) in [5, 5.41) is 9.20. The summed E-state index contributed by atoms with van der Waals surface area (Å²) in [6, 6.07) is 13.4. The Kier molecular flexibility index (Phi) is 4.39. The second kappa shape index (κ2) is 6.43. The predicted molar refractivity (Wildman–Crippen MR) is 78.7 cm³/mol. The third-order valence-corrected chi connectivity index (χ3v) is 2.80. The Morgan fingerprint density at radius 2 is 1.90 bits per heavy atom. The number of aliphatic hydroxyl groups excluding tert-OH is 1. The summed E-state index contributed by atoms with van der Waals surface area (Å²) in [5.41, 5.74) is 1.87. The Morgan fingerprint density at radius 1 is 1.15 bits per heavy atom. The van der Waals surface area contributed by atoms with Crippen molar-refractivity contribution in [1.29, 1.82) is 0 Å². The molecule has 0 atom stereocenters. The monoisotopic (exact) mass is 269 g/mol. The van der Waals surface area contributed by atoms with Crippen LogP contribution in [0.2, 0.25) is 0 Å². The van der Waals surface area contributed by atoms with E-state index in [1.807, 2.05) is 48.6 Å². The second-order valence-electron chi connectivity index (χ2n) is 4.05. The molecule has 0 aliphatic heterocycles. The molecule has 2 aromatic rings. The van der Waals surface area contributed by atoms with Crippen LogP contribution in [0.25, 0.3) is 17.8 Å². The topological polar surface area (TPSA) is 51.5 Å². The molecule has 1 heterocycles. The van der Waals surface area contributed by atoms with Crippen molar-refractivity contribution in [3.63, 3.8) is 0 Å². The molecular formula is C16H15NO3. The lowest BCUT2D eigenvalue weighted by molar-refractivity contribution is -0.134. The number of hydrogen-bond donors (Lipinski definition) is 1. The SMILES string of the molecule is COC(=O)/C(=C/O)n1cccc1/C=C/c1ccccc1. The number of ether oxygens (including phenoxy) is 1. The maximum Gasteiger partial charge on any atom is 0.358 e. The summed E-state index contributed by atoms with van der Waals surface area (Å²) in [6.45, 7) is 0. The lowest BCUT2D eigenvalue weighted by atomic mass is 10.2. The first-order valence-electron chi connectivity index (χ1n) is 6.10. The molecule has 2 rings (SSSR count). The van der Waals surface area contributed by atoms with Crippen molar-refractivity contribution >= 4 is 23.8 Å². The zero-order chi connectivity index (χ0) is 14.4. The van der Waals surface area contributed by atoms with Crippen molar-refractivity contribution < 1.29 is 14.6 Å². The first kappa shape index (κ1) is 13.7. The number of esters is 1. The number of carbonyl (C=O) groups is 1. The van der Waals surface area contributed by atoms with Gasteiger partial charge in [-0.05, 0) is 23.8 Å². The van der Waals surface area contributed by atoms with Gasteiger partial charge in [0.25, 0.3) is 0 Å². The van der Waals surface area contributed by atoms with Crippen LogP contribution in [-0.2, 0) is 9.53 Å². The number of carbonyl (C=O) groups excluding carboxylic acids is 1. The molecular weight excluding hydrogens is 254 g/mol. The standard InChI is InChI=1S/C16H15NO3/c1-20-16(19)15(12-18)17-11-5-8-14(17)10-9-13-6-3-2-4-7-13/h2-12,18H,1H3/b10-9+,15-12-. The van der Waals surface area contributed by atoms with Crippen LogP contribution in [0.3, 0.4) is 0 Å². The Hall–Kier alpha value is -2.75. The molecule has 0 bridgehead atoms. The van der Waals surface area contributed by atoms with E-state index in [-0.39, 0.29) is 5.70 Å². The van der Waals surface area contributed by atoms with Crippen molar-refractivity contribution in [3.8, 4) is 0 Å². The van der Waals surface area contributed by atoms with E-state index in [1.165, 1.54) is 7.11 Å². The highest BCUT2D eigenvalue weighted by molar-refractivity contribution is 6.10. The molecule has 0 aliphatic rings. The third kappa shape index (κ3) is 2.98. The van der Waals surface area contributed by atoms with E-state index in [4.69, 9.17) is 0 Å².